The summed E-state index contributed by atoms with van der Waals surface area (Å²) < 4.78 is 5.71. The van der Waals surface area contributed by atoms with E-state index < -0.39 is 5.91 Å². The fourth-order valence-electron chi connectivity index (χ4n) is 2.97. The van der Waals surface area contributed by atoms with E-state index in [1.165, 1.54) is 12.3 Å². The SMILES string of the molecule is Cc1c(C(=O)Nc2ncc(Cl)cc2Cl)oc2c1C(=O)CC(C)(C)C2. The third-order valence-corrected chi connectivity index (χ3v) is 4.52. The molecule has 2 heterocycles. The first kappa shape index (κ1) is 17.0. The van der Waals surface area contributed by atoms with Gasteiger partial charge in [0.1, 0.15) is 5.76 Å². The van der Waals surface area contributed by atoms with Gasteiger partial charge in [-0.05, 0) is 18.4 Å². The molecule has 3 rings (SSSR count). The van der Waals surface area contributed by atoms with E-state index in [1.54, 1.807) is 6.92 Å². The summed E-state index contributed by atoms with van der Waals surface area (Å²) in [7, 11) is 0. The van der Waals surface area contributed by atoms with E-state index in [9.17, 15) is 9.59 Å². The van der Waals surface area contributed by atoms with Crippen molar-refractivity contribution in [2.24, 2.45) is 5.41 Å². The minimum atomic E-state index is -0.496. The molecule has 0 saturated heterocycles. The molecule has 0 aromatic carbocycles. The van der Waals surface area contributed by atoms with Crippen molar-refractivity contribution in [3.63, 3.8) is 0 Å². The average Bonchev–Trinajstić information content (AvgIpc) is 2.77. The number of nitrogens with zero attached hydrogens (tertiary/aromatic N) is 1. The molecule has 2 aromatic rings. The number of nitrogens with one attached hydrogen (secondary N) is 1. The Balaban J connectivity index is 1.93. The first-order valence-electron chi connectivity index (χ1n) is 7.46. The van der Waals surface area contributed by atoms with Crippen LogP contribution in [0.4, 0.5) is 5.82 Å². The third-order valence-electron chi connectivity index (χ3n) is 4.02. The Morgan fingerprint density at radius 2 is 2.04 bits per heavy atom. The summed E-state index contributed by atoms with van der Waals surface area (Å²) in [6, 6.07) is 1.48. The predicted octanol–water partition coefficient (Wildman–Crippen LogP) is 4.70. The quantitative estimate of drug-likeness (QED) is 0.835. The highest BCUT2D eigenvalue weighted by Crippen LogP contribution is 2.38. The van der Waals surface area contributed by atoms with Crippen LogP contribution in [0.15, 0.2) is 16.7 Å². The molecule has 1 aliphatic rings. The highest BCUT2D eigenvalue weighted by molar-refractivity contribution is 6.36. The number of ketones is 1. The second-order valence-corrected chi connectivity index (χ2v) is 7.58. The van der Waals surface area contributed by atoms with Gasteiger partial charge in [-0.3, -0.25) is 9.59 Å². The van der Waals surface area contributed by atoms with Crippen molar-refractivity contribution >= 4 is 40.7 Å². The number of anilines is 1. The Hall–Kier alpha value is -1.85. The molecule has 0 saturated carbocycles. The van der Waals surface area contributed by atoms with Gasteiger partial charge in [-0.1, -0.05) is 37.0 Å². The van der Waals surface area contributed by atoms with Crippen LogP contribution < -0.4 is 5.32 Å². The van der Waals surface area contributed by atoms with E-state index in [-0.39, 0.29) is 27.8 Å². The molecule has 1 amide bonds. The zero-order chi connectivity index (χ0) is 17.6. The van der Waals surface area contributed by atoms with E-state index in [4.69, 9.17) is 27.6 Å². The molecule has 0 aliphatic heterocycles. The number of rotatable bonds is 2. The number of fused-ring (bicyclic) bond motifs is 1. The van der Waals surface area contributed by atoms with Crippen LogP contribution in [0.25, 0.3) is 0 Å². The molecule has 0 spiro atoms. The molecule has 0 atom stereocenters. The van der Waals surface area contributed by atoms with Crippen LogP contribution in [-0.2, 0) is 6.42 Å². The molecule has 0 bridgehead atoms. The zero-order valence-electron chi connectivity index (χ0n) is 13.5. The summed E-state index contributed by atoms with van der Waals surface area (Å²) in [6.07, 6.45) is 2.43. The fourth-order valence-corrected chi connectivity index (χ4v) is 3.40. The lowest BCUT2D eigenvalue weighted by molar-refractivity contribution is 0.0898. The topological polar surface area (TPSA) is 72.2 Å². The molecule has 0 fully saturated rings. The summed E-state index contributed by atoms with van der Waals surface area (Å²) in [6.45, 7) is 5.72. The Bertz CT molecular complexity index is 856. The molecule has 1 N–H and O–H groups in total. The van der Waals surface area contributed by atoms with Gasteiger partial charge in [0, 0.05) is 24.6 Å². The maximum absolute atomic E-state index is 12.5. The smallest absolute Gasteiger partial charge is 0.292 e. The highest BCUT2D eigenvalue weighted by atomic mass is 35.5. The van der Waals surface area contributed by atoms with Gasteiger partial charge in [0.2, 0.25) is 0 Å². The lowest BCUT2D eigenvalue weighted by atomic mass is 9.76. The molecule has 0 unspecified atom stereocenters. The maximum Gasteiger partial charge on any atom is 0.292 e. The number of pyridine rings is 1. The first-order chi connectivity index (χ1) is 11.2. The van der Waals surface area contributed by atoms with Crippen LogP contribution in [0.5, 0.6) is 0 Å². The number of amides is 1. The molecule has 1 aliphatic carbocycles. The number of hydrogen-bond acceptors (Lipinski definition) is 4. The van der Waals surface area contributed by atoms with E-state index >= 15 is 0 Å². The van der Waals surface area contributed by atoms with E-state index in [2.05, 4.69) is 10.3 Å². The van der Waals surface area contributed by atoms with Crippen LogP contribution in [-0.4, -0.2) is 16.7 Å². The Morgan fingerprint density at radius 1 is 1.33 bits per heavy atom. The molecule has 24 heavy (non-hydrogen) atoms. The second-order valence-electron chi connectivity index (χ2n) is 6.73. The number of carbonyl (C=O) groups is 2. The van der Waals surface area contributed by atoms with Crippen LogP contribution in [0, 0.1) is 12.3 Å². The van der Waals surface area contributed by atoms with E-state index in [1.807, 2.05) is 13.8 Å². The van der Waals surface area contributed by atoms with Crippen molar-refractivity contribution in [2.75, 3.05) is 5.32 Å². The van der Waals surface area contributed by atoms with Crippen LogP contribution >= 0.6 is 23.2 Å². The normalized spacial score (nSPS) is 16.0. The standard InChI is InChI=1S/C17H16Cl2N2O3/c1-8-13-11(22)5-17(2,3)6-12(13)24-14(8)16(23)21-15-10(19)4-9(18)7-20-15/h4,7H,5-6H2,1-3H3,(H,20,21,23). The van der Waals surface area contributed by atoms with Crippen LogP contribution in [0.2, 0.25) is 10.0 Å². The number of Topliss-reactive ketones (excluding diaryl/α,β-unsaturated/α-hetero) is 1. The molecule has 2 aromatic heterocycles. The van der Waals surface area contributed by atoms with Crippen LogP contribution in [0.1, 0.15) is 52.5 Å². The Morgan fingerprint density at radius 3 is 2.71 bits per heavy atom. The number of hydrogen-bond donors (Lipinski definition) is 1. The Kier molecular flexibility index (Phi) is 4.18. The summed E-state index contributed by atoms with van der Waals surface area (Å²) in [4.78, 5) is 28.9. The van der Waals surface area contributed by atoms with Gasteiger partial charge in [0.25, 0.3) is 5.91 Å². The van der Waals surface area contributed by atoms with Crippen molar-refractivity contribution in [1.29, 1.82) is 0 Å². The van der Waals surface area contributed by atoms with Crippen molar-refractivity contribution in [1.82, 2.24) is 4.98 Å². The largest absolute Gasteiger partial charge is 0.455 e. The molecular weight excluding hydrogens is 351 g/mol. The van der Waals surface area contributed by atoms with Gasteiger partial charge in [0.05, 0.1) is 15.6 Å². The second kappa shape index (κ2) is 5.90. The van der Waals surface area contributed by atoms with Crippen molar-refractivity contribution in [3.8, 4) is 0 Å². The predicted molar refractivity (Wildman–Crippen MR) is 92.1 cm³/mol. The van der Waals surface area contributed by atoms with Gasteiger partial charge in [-0.25, -0.2) is 4.98 Å². The maximum atomic E-state index is 12.5. The Labute approximate surface area is 149 Å². The van der Waals surface area contributed by atoms with Gasteiger partial charge in [0.15, 0.2) is 17.4 Å². The fraction of sp³-hybridized carbons (Fsp3) is 0.353. The zero-order valence-corrected chi connectivity index (χ0v) is 15.0. The van der Waals surface area contributed by atoms with E-state index in [0.29, 0.717) is 34.8 Å². The number of carbonyl (C=O) groups excluding carboxylic acids is 2. The third kappa shape index (κ3) is 3.06. The number of furan rings is 1. The van der Waals surface area contributed by atoms with E-state index in [0.717, 1.165) is 0 Å². The molecule has 126 valence electrons. The van der Waals surface area contributed by atoms with Gasteiger partial charge in [-0.2, -0.15) is 0 Å². The van der Waals surface area contributed by atoms with Crippen molar-refractivity contribution in [3.05, 3.63) is 45.0 Å². The summed E-state index contributed by atoms with van der Waals surface area (Å²) in [5.74, 6) is 0.368. The summed E-state index contributed by atoms with van der Waals surface area (Å²) >= 11 is 11.8. The van der Waals surface area contributed by atoms with Gasteiger partial charge < -0.3 is 9.73 Å². The minimum Gasteiger partial charge on any atom is -0.455 e. The molecule has 7 heteroatoms. The lowest BCUT2D eigenvalue weighted by Gasteiger charge is -2.27. The van der Waals surface area contributed by atoms with Crippen LogP contribution in [0.3, 0.4) is 0 Å². The molecule has 0 radical (unpaired) electrons. The minimum absolute atomic E-state index is 0.00389. The lowest BCUT2D eigenvalue weighted by Crippen LogP contribution is -2.26. The first-order valence-corrected chi connectivity index (χ1v) is 8.21. The number of aromatic nitrogens is 1. The van der Waals surface area contributed by atoms with Crippen molar-refractivity contribution < 1.29 is 14.0 Å². The average molecular weight is 367 g/mol. The summed E-state index contributed by atoms with van der Waals surface area (Å²) in [5, 5.41) is 3.19. The summed E-state index contributed by atoms with van der Waals surface area (Å²) in [5.41, 5.74) is 0.895. The van der Waals surface area contributed by atoms with Gasteiger partial charge in [-0.15, -0.1) is 0 Å². The number of halogens is 2. The highest BCUT2D eigenvalue weighted by Gasteiger charge is 2.37. The van der Waals surface area contributed by atoms with Crippen molar-refractivity contribution in [2.45, 2.75) is 33.6 Å². The van der Waals surface area contributed by atoms with Gasteiger partial charge >= 0.3 is 0 Å². The molecular formula is C17H16Cl2N2O3. The molecule has 5 nitrogen and oxygen atoms in total. The monoisotopic (exact) mass is 366 g/mol.